The zero-order valence-corrected chi connectivity index (χ0v) is 14.9. The zero-order chi connectivity index (χ0) is 18.2. The molecule has 0 fully saturated rings. The normalized spacial score (nSPS) is 19.4. The Hall–Kier alpha value is -2.42. The van der Waals surface area contributed by atoms with Crippen LogP contribution in [0.1, 0.15) is 25.3 Å². The van der Waals surface area contributed by atoms with Crippen LogP contribution in [-0.4, -0.2) is 38.7 Å². The fourth-order valence-electron chi connectivity index (χ4n) is 3.10. The van der Waals surface area contributed by atoms with Gasteiger partial charge in [0.15, 0.2) is 0 Å². The molecule has 2 aliphatic heterocycles. The number of fused-ring (bicyclic) bond motifs is 1. The van der Waals surface area contributed by atoms with E-state index in [9.17, 15) is 18.0 Å². The molecule has 2 amide bonds. The molecule has 0 bridgehead atoms. The summed E-state index contributed by atoms with van der Waals surface area (Å²) in [6.07, 6.45) is 2.39. The summed E-state index contributed by atoms with van der Waals surface area (Å²) < 4.78 is 25.0. The van der Waals surface area contributed by atoms with Crippen molar-refractivity contribution in [2.24, 2.45) is 11.0 Å². The van der Waals surface area contributed by atoms with Crippen LogP contribution in [0.25, 0.3) is 0 Å². The van der Waals surface area contributed by atoms with Crippen molar-refractivity contribution in [1.29, 1.82) is 0 Å². The van der Waals surface area contributed by atoms with Crippen LogP contribution in [0.3, 0.4) is 0 Å². The van der Waals surface area contributed by atoms with E-state index in [0.29, 0.717) is 36.5 Å². The van der Waals surface area contributed by atoms with Crippen molar-refractivity contribution >= 4 is 38.9 Å². The van der Waals surface area contributed by atoms with E-state index in [4.69, 9.17) is 0 Å². The topological polar surface area (TPSA) is 108 Å². The fourth-order valence-corrected chi connectivity index (χ4v) is 4.05. The Morgan fingerprint density at radius 3 is 2.84 bits per heavy atom. The summed E-state index contributed by atoms with van der Waals surface area (Å²) in [6, 6.07) is 5.27. The van der Waals surface area contributed by atoms with Crippen molar-refractivity contribution in [3.8, 4) is 0 Å². The molecule has 2 aliphatic rings. The predicted molar refractivity (Wildman–Crippen MR) is 94.9 cm³/mol. The molecular formula is C16H20N4O4S. The number of nitrogens with zero attached hydrogens (tertiary/aromatic N) is 2. The number of hydrogen-bond donors (Lipinski definition) is 2. The molecule has 3 rings (SSSR count). The molecule has 2 heterocycles. The lowest BCUT2D eigenvalue weighted by molar-refractivity contribution is -0.122. The van der Waals surface area contributed by atoms with Crippen LogP contribution in [0.5, 0.6) is 0 Å². The second-order valence-electron chi connectivity index (χ2n) is 6.30. The minimum Gasteiger partial charge on any atom is -0.326 e. The number of amides is 2. The highest BCUT2D eigenvalue weighted by Crippen LogP contribution is 2.32. The molecule has 0 unspecified atom stereocenters. The van der Waals surface area contributed by atoms with Crippen LogP contribution in [0, 0.1) is 5.92 Å². The van der Waals surface area contributed by atoms with E-state index >= 15 is 0 Å². The monoisotopic (exact) mass is 364 g/mol. The first kappa shape index (κ1) is 17.4. The van der Waals surface area contributed by atoms with Crippen LogP contribution in [0.2, 0.25) is 0 Å². The van der Waals surface area contributed by atoms with Crippen LogP contribution in [-0.2, 0) is 26.0 Å². The molecule has 9 heteroatoms. The number of nitrogens with one attached hydrogen (secondary N) is 2. The molecule has 1 atom stereocenters. The van der Waals surface area contributed by atoms with E-state index in [1.165, 1.54) is 10.6 Å². The Morgan fingerprint density at radius 2 is 2.20 bits per heavy atom. The molecular weight excluding hydrogens is 344 g/mol. The number of benzene rings is 1. The van der Waals surface area contributed by atoms with Gasteiger partial charge in [0, 0.05) is 24.4 Å². The molecule has 0 aliphatic carbocycles. The Bertz CT molecular complexity index is 863. The lowest BCUT2D eigenvalue weighted by Crippen LogP contribution is -2.27. The Morgan fingerprint density at radius 1 is 1.44 bits per heavy atom. The Balaban J connectivity index is 1.65. The van der Waals surface area contributed by atoms with E-state index in [-0.39, 0.29) is 24.2 Å². The Labute approximate surface area is 146 Å². The summed E-state index contributed by atoms with van der Waals surface area (Å²) in [6.45, 7) is 2.17. The maximum atomic E-state index is 12.1. The summed E-state index contributed by atoms with van der Waals surface area (Å²) in [5.74, 6) is -0.783. The quantitative estimate of drug-likeness (QED) is 0.807. The molecule has 25 heavy (non-hydrogen) atoms. The van der Waals surface area contributed by atoms with E-state index in [2.05, 4.69) is 15.8 Å². The summed E-state index contributed by atoms with van der Waals surface area (Å²) in [4.78, 5) is 23.7. The first-order valence-electron chi connectivity index (χ1n) is 8.00. The maximum Gasteiger partial charge on any atom is 0.248 e. The summed E-state index contributed by atoms with van der Waals surface area (Å²) in [7, 11) is -3.33. The molecule has 0 spiro atoms. The van der Waals surface area contributed by atoms with Crippen molar-refractivity contribution < 1.29 is 18.0 Å². The van der Waals surface area contributed by atoms with Gasteiger partial charge in [-0.05, 0) is 37.5 Å². The molecule has 1 aromatic rings. The molecule has 1 aromatic carbocycles. The fraction of sp³-hybridized carbons (Fsp3) is 0.438. The molecule has 0 radical (unpaired) electrons. The maximum absolute atomic E-state index is 12.1. The van der Waals surface area contributed by atoms with Crippen molar-refractivity contribution in [2.45, 2.75) is 26.2 Å². The van der Waals surface area contributed by atoms with Gasteiger partial charge in [-0.2, -0.15) is 5.10 Å². The van der Waals surface area contributed by atoms with Crippen LogP contribution >= 0.6 is 0 Å². The SMILES string of the molecule is CC1=NNC(=O)[C@H]1CCC(=O)Nc1ccc2c(c1)N(S(C)(=O)=O)CC2. The molecule has 0 saturated heterocycles. The minimum absolute atomic E-state index is 0.178. The third kappa shape index (κ3) is 3.65. The highest BCUT2D eigenvalue weighted by molar-refractivity contribution is 7.92. The molecule has 0 saturated carbocycles. The van der Waals surface area contributed by atoms with Gasteiger partial charge < -0.3 is 5.32 Å². The van der Waals surface area contributed by atoms with Gasteiger partial charge in [-0.3, -0.25) is 13.9 Å². The summed E-state index contributed by atoms with van der Waals surface area (Å²) in [5.41, 5.74) is 5.17. The molecule has 8 nitrogen and oxygen atoms in total. The van der Waals surface area contributed by atoms with Gasteiger partial charge in [0.2, 0.25) is 21.8 Å². The molecule has 2 N–H and O–H groups in total. The summed E-state index contributed by atoms with van der Waals surface area (Å²) >= 11 is 0. The van der Waals surface area contributed by atoms with Crippen LogP contribution < -0.4 is 15.0 Å². The highest BCUT2D eigenvalue weighted by Gasteiger charge is 2.28. The average molecular weight is 364 g/mol. The van der Waals surface area contributed by atoms with Gasteiger partial charge in [0.05, 0.1) is 17.9 Å². The zero-order valence-electron chi connectivity index (χ0n) is 14.1. The highest BCUT2D eigenvalue weighted by atomic mass is 32.2. The lowest BCUT2D eigenvalue weighted by Gasteiger charge is -2.17. The number of carbonyl (C=O) groups is 2. The number of hydrazone groups is 1. The van der Waals surface area contributed by atoms with E-state index in [1.54, 1.807) is 19.1 Å². The van der Waals surface area contributed by atoms with Gasteiger partial charge in [0.25, 0.3) is 0 Å². The number of anilines is 2. The number of hydrogen-bond acceptors (Lipinski definition) is 5. The third-order valence-electron chi connectivity index (χ3n) is 4.45. The van der Waals surface area contributed by atoms with Crippen molar-refractivity contribution in [1.82, 2.24) is 5.43 Å². The van der Waals surface area contributed by atoms with E-state index < -0.39 is 10.0 Å². The number of carbonyl (C=O) groups excluding carboxylic acids is 2. The smallest absolute Gasteiger partial charge is 0.248 e. The van der Waals surface area contributed by atoms with Crippen molar-refractivity contribution in [3.05, 3.63) is 23.8 Å². The van der Waals surface area contributed by atoms with Gasteiger partial charge in [-0.15, -0.1) is 0 Å². The van der Waals surface area contributed by atoms with Crippen molar-refractivity contribution in [2.75, 3.05) is 22.4 Å². The largest absolute Gasteiger partial charge is 0.326 e. The van der Waals surface area contributed by atoms with E-state index in [0.717, 1.165) is 5.56 Å². The molecule has 134 valence electrons. The summed E-state index contributed by atoms with van der Waals surface area (Å²) in [5, 5.41) is 6.62. The predicted octanol–water partition coefficient (Wildman–Crippen LogP) is 0.849. The minimum atomic E-state index is -3.33. The second kappa shape index (κ2) is 6.47. The standard InChI is InChI=1S/C16H20N4O4S/c1-10-13(16(22)19-18-10)5-6-15(21)17-12-4-3-11-7-8-20(14(11)9-12)25(2,23)24/h3-4,9,13H,5-8H2,1-2H3,(H,17,21)(H,19,22)/t13-/m0/s1. The van der Waals surface area contributed by atoms with Crippen LogP contribution in [0.4, 0.5) is 11.4 Å². The van der Waals surface area contributed by atoms with Crippen LogP contribution in [0.15, 0.2) is 23.3 Å². The third-order valence-corrected chi connectivity index (χ3v) is 5.63. The van der Waals surface area contributed by atoms with Gasteiger partial charge in [0.1, 0.15) is 0 Å². The number of sulfonamides is 1. The lowest BCUT2D eigenvalue weighted by atomic mass is 9.98. The van der Waals surface area contributed by atoms with E-state index in [1.807, 2.05) is 6.07 Å². The van der Waals surface area contributed by atoms with Gasteiger partial charge in [-0.1, -0.05) is 6.07 Å². The van der Waals surface area contributed by atoms with Gasteiger partial charge >= 0.3 is 0 Å². The average Bonchev–Trinajstić information content (AvgIpc) is 3.08. The van der Waals surface area contributed by atoms with Gasteiger partial charge in [-0.25, -0.2) is 13.8 Å². The second-order valence-corrected chi connectivity index (χ2v) is 8.20. The molecule has 0 aromatic heterocycles. The van der Waals surface area contributed by atoms with Crippen molar-refractivity contribution in [3.63, 3.8) is 0 Å². The Kier molecular flexibility index (Phi) is 4.51. The first-order valence-corrected chi connectivity index (χ1v) is 9.85. The first-order chi connectivity index (χ1) is 11.8. The number of rotatable bonds is 5.